The number of nitrogens with one attached hydrogen (secondary N) is 1. The number of rotatable bonds is 5. The van der Waals surface area contributed by atoms with Gasteiger partial charge in [0.05, 0.1) is 13.0 Å². The van der Waals surface area contributed by atoms with Crippen molar-refractivity contribution >= 4 is 18.3 Å². The Balaban J connectivity index is 0.00000220. The van der Waals surface area contributed by atoms with Gasteiger partial charge in [-0.15, -0.1) is 12.4 Å². The van der Waals surface area contributed by atoms with Crippen LogP contribution in [0.4, 0.5) is 0 Å². The predicted octanol–water partition coefficient (Wildman–Crippen LogP) is 2.12. The van der Waals surface area contributed by atoms with Crippen LogP contribution in [0.2, 0.25) is 0 Å². The largest absolute Gasteiger partial charge is 0.496 e. The number of carbonyl (C=O) groups excluding carboxylic acids is 1. The van der Waals surface area contributed by atoms with Crippen LogP contribution in [-0.4, -0.2) is 44.6 Å². The maximum absolute atomic E-state index is 12.3. The van der Waals surface area contributed by atoms with Crippen LogP contribution in [-0.2, 0) is 11.2 Å². The molecule has 1 aromatic rings. The Morgan fingerprint density at radius 2 is 2.19 bits per heavy atom. The molecule has 4 nitrogen and oxygen atoms in total. The highest BCUT2D eigenvalue weighted by atomic mass is 35.5. The Kier molecular flexibility index (Phi) is 7.54. The highest BCUT2D eigenvalue weighted by molar-refractivity contribution is 5.85. The lowest BCUT2D eigenvalue weighted by molar-refractivity contribution is -0.134. The summed E-state index contributed by atoms with van der Waals surface area (Å²) in [6, 6.07) is 7.98. The minimum absolute atomic E-state index is 0. The molecule has 118 valence electrons. The molecule has 1 aliphatic heterocycles. The summed E-state index contributed by atoms with van der Waals surface area (Å²) in [4.78, 5) is 14.2. The summed E-state index contributed by atoms with van der Waals surface area (Å²) in [5.74, 6) is 1.30. The van der Waals surface area contributed by atoms with Crippen LogP contribution in [0.25, 0.3) is 0 Å². The number of benzene rings is 1. The van der Waals surface area contributed by atoms with E-state index < -0.39 is 0 Å². The van der Waals surface area contributed by atoms with E-state index >= 15 is 0 Å². The molecule has 2 rings (SSSR count). The molecule has 21 heavy (non-hydrogen) atoms. The Morgan fingerprint density at radius 1 is 1.43 bits per heavy atom. The fraction of sp³-hybridized carbons (Fsp3) is 0.562. The first-order chi connectivity index (χ1) is 9.72. The zero-order chi connectivity index (χ0) is 14.4. The van der Waals surface area contributed by atoms with Crippen LogP contribution in [0.15, 0.2) is 24.3 Å². The van der Waals surface area contributed by atoms with Gasteiger partial charge in [0.1, 0.15) is 5.75 Å². The van der Waals surface area contributed by atoms with E-state index in [0.29, 0.717) is 0 Å². The summed E-state index contributed by atoms with van der Waals surface area (Å²) in [6.07, 6.45) is 2.92. The minimum atomic E-state index is 0. The maximum Gasteiger partial charge on any atom is 0.226 e. The average molecular weight is 313 g/mol. The van der Waals surface area contributed by atoms with Crippen molar-refractivity contribution in [3.63, 3.8) is 0 Å². The molecule has 0 radical (unpaired) electrons. The smallest absolute Gasteiger partial charge is 0.226 e. The number of methoxy groups -OCH3 is 1. The molecule has 1 aliphatic rings. The number of hydrogen-bond donors (Lipinski definition) is 1. The summed E-state index contributed by atoms with van der Waals surface area (Å²) >= 11 is 0. The van der Waals surface area contributed by atoms with E-state index in [9.17, 15) is 4.79 Å². The van der Waals surface area contributed by atoms with Gasteiger partial charge in [0.25, 0.3) is 0 Å². The number of ether oxygens (including phenoxy) is 1. The van der Waals surface area contributed by atoms with E-state index in [0.717, 1.165) is 50.2 Å². The molecule has 0 aromatic heterocycles. The molecule has 1 saturated heterocycles. The van der Waals surface area contributed by atoms with Gasteiger partial charge in [-0.1, -0.05) is 18.2 Å². The molecule has 1 amide bonds. The summed E-state index contributed by atoms with van der Waals surface area (Å²) in [5, 5.41) is 3.30. The molecule has 0 spiro atoms. The lowest BCUT2D eigenvalue weighted by Crippen LogP contribution is -2.42. The van der Waals surface area contributed by atoms with Gasteiger partial charge in [-0.05, 0) is 37.4 Å². The monoisotopic (exact) mass is 312 g/mol. The molecule has 1 N–H and O–H groups in total. The zero-order valence-corrected chi connectivity index (χ0v) is 13.6. The van der Waals surface area contributed by atoms with Crippen molar-refractivity contribution in [2.45, 2.75) is 19.3 Å². The van der Waals surface area contributed by atoms with Gasteiger partial charge in [0.15, 0.2) is 0 Å². The number of amides is 1. The molecule has 1 heterocycles. The molecule has 0 bridgehead atoms. The van der Waals surface area contributed by atoms with Crippen LogP contribution in [0.3, 0.4) is 0 Å². The van der Waals surface area contributed by atoms with E-state index in [2.05, 4.69) is 11.4 Å². The van der Waals surface area contributed by atoms with Gasteiger partial charge >= 0.3 is 0 Å². The number of nitrogens with zero attached hydrogens (tertiary/aromatic N) is 1. The number of halogens is 1. The molecule has 5 heteroatoms. The van der Waals surface area contributed by atoms with E-state index in [1.54, 1.807) is 7.11 Å². The van der Waals surface area contributed by atoms with Crippen LogP contribution < -0.4 is 10.1 Å². The second-order valence-electron chi connectivity index (χ2n) is 5.36. The number of likely N-dealkylation sites (N-methyl/N-ethyl adjacent to an activating group) is 1. The third kappa shape index (κ3) is 4.90. The molecule has 1 aromatic carbocycles. The fourth-order valence-corrected chi connectivity index (χ4v) is 2.68. The maximum atomic E-state index is 12.3. The van der Waals surface area contributed by atoms with Gasteiger partial charge in [-0.2, -0.15) is 0 Å². The zero-order valence-electron chi connectivity index (χ0n) is 12.8. The van der Waals surface area contributed by atoms with Gasteiger partial charge < -0.3 is 15.0 Å². The summed E-state index contributed by atoms with van der Waals surface area (Å²) in [6.45, 7) is 2.59. The van der Waals surface area contributed by atoms with Crippen molar-refractivity contribution in [3.05, 3.63) is 29.8 Å². The molecule has 1 unspecified atom stereocenters. The number of carbonyl (C=O) groups is 1. The number of hydrogen-bond acceptors (Lipinski definition) is 3. The van der Waals surface area contributed by atoms with Gasteiger partial charge in [-0.3, -0.25) is 4.79 Å². The summed E-state index contributed by atoms with van der Waals surface area (Å²) in [7, 11) is 3.58. The minimum Gasteiger partial charge on any atom is -0.496 e. The third-order valence-electron chi connectivity index (χ3n) is 3.93. The second-order valence-corrected chi connectivity index (χ2v) is 5.36. The molecule has 1 fully saturated rings. The Labute approximate surface area is 133 Å². The van der Waals surface area contributed by atoms with E-state index in [-0.39, 0.29) is 24.2 Å². The van der Waals surface area contributed by atoms with E-state index in [1.165, 1.54) is 0 Å². The quantitative estimate of drug-likeness (QED) is 0.905. The lowest BCUT2D eigenvalue weighted by atomic mass is 9.98. The van der Waals surface area contributed by atoms with Crippen LogP contribution in [0.1, 0.15) is 18.4 Å². The molecular formula is C16H25ClN2O2. The summed E-state index contributed by atoms with van der Waals surface area (Å²) in [5.41, 5.74) is 1.15. The van der Waals surface area contributed by atoms with Crippen LogP contribution in [0, 0.1) is 5.92 Å². The summed E-state index contributed by atoms with van der Waals surface area (Å²) < 4.78 is 5.34. The fourth-order valence-electron chi connectivity index (χ4n) is 2.68. The van der Waals surface area contributed by atoms with E-state index in [1.807, 2.05) is 30.1 Å². The number of para-hydroxylation sites is 1. The topological polar surface area (TPSA) is 41.6 Å². The van der Waals surface area contributed by atoms with Crippen LogP contribution >= 0.6 is 12.4 Å². The molecular weight excluding hydrogens is 288 g/mol. The first-order valence-corrected chi connectivity index (χ1v) is 7.30. The van der Waals surface area contributed by atoms with E-state index in [4.69, 9.17) is 4.74 Å². The van der Waals surface area contributed by atoms with Crippen molar-refractivity contribution < 1.29 is 9.53 Å². The Morgan fingerprint density at radius 3 is 2.86 bits per heavy atom. The predicted molar refractivity (Wildman–Crippen MR) is 87.2 cm³/mol. The van der Waals surface area contributed by atoms with Gasteiger partial charge in [-0.25, -0.2) is 0 Å². The second kappa shape index (κ2) is 8.90. The molecule has 1 atom stereocenters. The van der Waals surface area contributed by atoms with Crippen molar-refractivity contribution in [2.24, 2.45) is 5.92 Å². The van der Waals surface area contributed by atoms with Crippen molar-refractivity contribution in [1.29, 1.82) is 0 Å². The molecule has 0 aliphatic carbocycles. The highest BCUT2D eigenvalue weighted by Crippen LogP contribution is 2.18. The normalized spacial score (nSPS) is 17.7. The first kappa shape index (κ1) is 17.8. The SMILES string of the molecule is COc1ccccc1CCN(C)C(=O)C1CCCNC1.Cl. The van der Waals surface area contributed by atoms with Crippen molar-refractivity contribution in [3.8, 4) is 5.75 Å². The Bertz CT molecular complexity index is 448. The van der Waals surface area contributed by atoms with Crippen LogP contribution in [0.5, 0.6) is 5.75 Å². The average Bonchev–Trinajstić information content (AvgIpc) is 2.53. The number of piperidine rings is 1. The molecule has 0 saturated carbocycles. The van der Waals surface area contributed by atoms with Crippen molar-refractivity contribution in [2.75, 3.05) is 33.8 Å². The first-order valence-electron chi connectivity index (χ1n) is 7.30. The third-order valence-corrected chi connectivity index (χ3v) is 3.93. The van der Waals surface area contributed by atoms with Gasteiger partial charge in [0, 0.05) is 20.1 Å². The Hall–Kier alpha value is -1.26. The standard InChI is InChI=1S/C16H24N2O2.ClH/c1-18(16(19)14-7-5-10-17-12-14)11-9-13-6-3-4-8-15(13)20-2;/h3-4,6,8,14,17H,5,7,9-12H2,1-2H3;1H. The van der Waals surface area contributed by atoms with Gasteiger partial charge in [0.2, 0.25) is 5.91 Å². The highest BCUT2D eigenvalue weighted by Gasteiger charge is 2.23. The lowest BCUT2D eigenvalue weighted by Gasteiger charge is -2.27. The van der Waals surface area contributed by atoms with Crippen molar-refractivity contribution in [1.82, 2.24) is 10.2 Å².